The van der Waals surface area contributed by atoms with Gasteiger partial charge in [0, 0.05) is 12.1 Å². The zero-order valence-electron chi connectivity index (χ0n) is 14.7. The van der Waals surface area contributed by atoms with Crippen LogP contribution in [0.2, 0.25) is 0 Å². The lowest BCUT2D eigenvalue weighted by atomic mass is 10.2. The van der Waals surface area contributed by atoms with Crippen molar-refractivity contribution >= 4 is 5.91 Å². The quantitative estimate of drug-likeness (QED) is 0.727. The van der Waals surface area contributed by atoms with Crippen LogP contribution in [0.1, 0.15) is 23.0 Å². The van der Waals surface area contributed by atoms with Gasteiger partial charge in [0.15, 0.2) is 5.69 Å². The summed E-state index contributed by atoms with van der Waals surface area (Å²) in [6.45, 7) is 2.08. The summed E-state index contributed by atoms with van der Waals surface area (Å²) in [5, 5.41) is 6.70. The molecule has 0 atom stereocenters. The first-order valence-electron chi connectivity index (χ1n) is 8.44. The fourth-order valence-corrected chi connectivity index (χ4v) is 2.50. The third kappa shape index (κ3) is 4.20. The van der Waals surface area contributed by atoms with E-state index in [4.69, 9.17) is 4.74 Å². The second kappa shape index (κ2) is 8.27. The number of nitrogens with zero attached hydrogens (tertiary/aromatic N) is 2. The highest BCUT2D eigenvalue weighted by Gasteiger charge is 2.17. The molecular weight excluding hydrogens is 349 g/mol. The monoisotopic (exact) mass is 367 g/mol. The molecule has 7 heteroatoms. The van der Waals surface area contributed by atoms with E-state index in [1.165, 1.54) is 16.8 Å². The van der Waals surface area contributed by atoms with Crippen LogP contribution in [-0.2, 0) is 6.54 Å². The van der Waals surface area contributed by atoms with Gasteiger partial charge in [0.2, 0.25) is 11.3 Å². The molecule has 0 aliphatic heterocycles. The second-order valence-electron chi connectivity index (χ2n) is 5.65. The summed E-state index contributed by atoms with van der Waals surface area (Å²) in [5.74, 6) is -0.880. The van der Waals surface area contributed by atoms with Crippen LogP contribution in [0.3, 0.4) is 0 Å². The third-order valence-corrected chi connectivity index (χ3v) is 3.80. The SMILES string of the molecule is CCOc1cc(=O)c(C(=O)NCc2ccccc2F)nn1-c1ccccc1. The summed E-state index contributed by atoms with van der Waals surface area (Å²) < 4.78 is 20.6. The third-order valence-electron chi connectivity index (χ3n) is 3.80. The van der Waals surface area contributed by atoms with Crippen molar-refractivity contribution in [1.29, 1.82) is 0 Å². The van der Waals surface area contributed by atoms with E-state index in [0.717, 1.165) is 0 Å². The average molecular weight is 367 g/mol. The first kappa shape index (κ1) is 18.3. The Morgan fingerprint density at radius 1 is 1.15 bits per heavy atom. The van der Waals surface area contributed by atoms with Crippen LogP contribution in [0.25, 0.3) is 5.69 Å². The van der Waals surface area contributed by atoms with E-state index in [1.807, 2.05) is 18.2 Å². The minimum atomic E-state index is -0.684. The summed E-state index contributed by atoms with van der Waals surface area (Å²) in [6, 6.07) is 16.3. The van der Waals surface area contributed by atoms with Gasteiger partial charge in [0.05, 0.1) is 18.4 Å². The first-order valence-corrected chi connectivity index (χ1v) is 8.44. The molecule has 1 heterocycles. The molecule has 0 aliphatic rings. The molecule has 1 amide bonds. The highest BCUT2D eigenvalue weighted by Crippen LogP contribution is 2.15. The van der Waals surface area contributed by atoms with Crippen molar-refractivity contribution in [1.82, 2.24) is 15.1 Å². The van der Waals surface area contributed by atoms with Crippen molar-refractivity contribution in [2.75, 3.05) is 6.61 Å². The number of nitrogens with one attached hydrogen (secondary N) is 1. The predicted molar refractivity (Wildman–Crippen MR) is 98.6 cm³/mol. The topological polar surface area (TPSA) is 73.2 Å². The Labute approximate surface area is 155 Å². The smallest absolute Gasteiger partial charge is 0.276 e. The number of aromatic nitrogens is 2. The normalized spacial score (nSPS) is 10.4. The van der Waals surface area contributed by atoms with E-state index in [9.17, 15) is 14.0 Å². The van der Waals surface area contributed by atoms with Crippen LogP contribution in [0.5, 0.6) is 5.88 Å². The van der Waals surface area contributed by atoms with E-state index in [0.29, 0.717) is 17.9 Å². The molecule has 3 rings (SSSR count). The number of hydrogen-bond acceptors (Lipinski definition) is 4. The Morgan fingerprint density at radius 2 is 1.85 bits per heavy atom. The van der Waals surface area contributed by atoms with Crippen molar-refractivity contribution in [3.63, 3.8) is 0 Å². The van der Waals surface area contributed by atoms with Crippen molar-refractivity contribution in [2.24, 2.45) is 0 Å². The number of carbonyl (C=O) groups excluding carboxylic acids is 1. The number of amides is 1. The largest absolute Gasteiger partial charge is 0.478 e. The van der Waals surface area contributed by atoms with Gasteiger partial charge >= 0.3 is 0 Å². The van der Waals surface area contributed by atoms with E-state index >= 15 is 0 Å². The van der Waals surface area contributed by atoms with Crippen molar-refractivity contribution in [3.05, 3.63) is 88.0 Å². The molecular formula is C20H18FN3O3. The molecule has 138 valence electrons. The van der Waals surface area contributed by atoms with Crippen LogP contribution < -0.4 is 15.5 Å². The van der Waals surface area contributed by atoms with Gasteiger partial charge in [0.25, 0.3) is 5.91 Å². The Hall–Kier alpha value is -3.48. The molecule has 27 heavy (non-hydrogen) atoms. The Balaban J connectivity index is 1.92. The van der Waals surface area contributed by atoms with Gasteiger partial charge in [-0.05, 0) is 25.1 Å². The molecule has 0 saturated carbocycles. The van der Waals surface area contributed by atoms with Crippen molar-refractivity contribution in [2.45, 2.75) is 13.5 Å². The lowest BCUT2D eigenvalue weighted by Crippen LogP contribution is -2.31. The van der Waals surface area contributed by atoms with Gasteiger partial charge in [-0.25, -0.2) is 9.07 Å². The van der Waals surface area contributed by atoms with E-state index < -0.39 is 17.2 Å². The zero-order valence-corrected chi connectivity index (χ0v) is 14.7. The summed E-state index contributed by atoms with van der Waals surface area (Å²) in [4.78, 5) is 24.8. The standard InChI is InChI=1S/C20H18FN3O3/c1-2-27-18-12-17(25)19(23-24(18)15-9-4-3-5-10-15)20(26)22-13-14-8-6-7-11-16(14)21/h3-12H,2,13H2,1H3,(H,22,26). The number of hydrogen-bond donors (Lipinski definition) is 1. The van der Waals surface area contributed by atoms with Gasteiger partial charge in [-0.1, -0.05) is 36.4 Å². The van der Waals surface area contributed by atoms with E-state index in [2.05, 4.69) is 10.4 Å². The average Bonchev–Trinajstić information content (AvgIpc) is 2.68. The van der Waals surface area contributed by atoms with Crippen LogP contribution in [0.4, 0.5) is 4.39 Å². The van der Waals surface area contributed by atoms with Gasteiger partial charge in [-0.2, -0.15) is 5.10 Å². The van der Waals surface area contributed by atoms with Crippen LogP contribution in [-0.4, -0.2) is 22.3 Å². The minimum absolute atomic E-state index is 0.0504. The van der Waals surface area contributed by atoms with E-state index in [1.54, 1.807) is 37.3 Å². The van der Waals surface area contributed by atoms with Crippen molar-refractivity contribution < 1.29 is 13.9 Å². The number of halogens is 1. The lowest BCUT2D eigenvalue weighted by Gasteiger charge is -2.13. The maximum atomic E-state index is 13.7. The molecule has 0 saturated heterocycles. The second-order valence-corrected chi connectivity index (χ2v) is 5.65. The molecule has 0 fully saturated rings. The number of ether oxygens (including phenoxy) is 1. The Morgan fingerprint density at radius 3 is 2.56 bits per heavy atom. The molecule has 1 aromatic heterocycles. The summed E-state index contributed by atoms with van der Waals surface area (Å²) in [7, 11) is 0. The minimum Gasteiger partial charge on any atom is -0.478 e. The molecule has 0 bridgehead atoms. The fraction of sp³-hybridized carbons (Fsp3) is 0.150. The summed E-state index contributed by atoms with van der Waals surface area (Å²) >= 11 is 0. The van der Waals surface area contributed by atoms with Crippen LogP contribution >= 0.6 is 0 Å². The lowest BCUT2D eigenvalue weighted by molar-refractivity contribution is 0.0942. The molecule has 3 aromatic rings. The van der Waals surface area contributed by atoms with Gasteiger partial charge < -0.3 is 10.1 Å². The van der Waals surface area contributed by atoms with Crippen LogP contribution in [0, 0.1) is 5.82 Å². The highest BCUT2D eigenvalue weighted by molar-refractivity contribution is 5.92. The number of benzene rings is 2. The molecule has 0 aliphatic carbocycles. The first-order chi connectivity index (χ1) is 13.1. The number of carbonyl (C=O) groups is 1. The number of rotatable bonds is 6. The molecule has 6 nitrogen and oxygen atoms in total. The maximum absolute atomic E-state index is 13.7. The van der Waals surface area contributed by atoms with E-state index in [-0.39, 0.29) is 18.1 Å². The number of para-hydroxylation sites is 1. The predicted octanol–water partition coefficient (Wildman–Crippen LogP) is 2.70. The van der Waals surface area contributed by atoms with Gasteiger partial charge in [0.1, 0.15) is 5.82 Å². The Bertz CT molecular complexity index is 1000. The van der Waals surface area contributed by atoms with Gasteiger partial charge in [-0.15, -0.1) is 0 Å². The maximum Gasteiger partial charge on any atom is 0.276 e. The summed E-state index contributed by atoms with van der Waals surface area (Å²) in [5.41, 5.74) is 0.0968. The fourth-order valence-electron chi connectivity index (χ4n) is 2.50. The molecule has 0 spiro atoms. The van der Waals surface area contributed by atoms with Gasteiger partial charge in [-0.3, -0.25) is 9.59 Å². The molecule has 0 unspecified atom stereocenters. The molecule has 1 N–H and O–H groups in total. The zero-order chi connectivity index (χ0) is 19.2. The molecule has 2 aromatic carbocycles. The Kier molecular flexibility index (Phi) is 5.61. The highest BCUT2D eigenvalue weighted by atomic mass is 19.1. The van der Waals surface area contributed by atoms with Crippen LogP contribution in [0.15, 0.2) is 65.5 Å². The van der Waals surface area contributed by atoms with Crippen molar-refractivity contribution in [3.8, 4) is 11.6 Å². The summed E-state index contributed by atoms with van der Waals surface area (Å²) in [6.07, 6.45) is 0. The molecule has 0 radical (unpaired) electrons.